The molecule has 0 spiro atoms. The van der Waals surface area contributed by atoms with E-state index in [0.29, 0.717) is 45.9 Å². The third kappa shape index (κ3) is 6.30. The Morgan fingerprint density at radius 2 is 1.88 bits per heavy atom. The Kier molecular flexibility index (Phi) is 9.81. The molecule has 12 heteroatoms. The maximum absolute atomic E-state index is 13.3. The first-order chi connectivity index (χ1) is 23.7. The van der Waals surface area contributed by atoms with Gasteiger partial charge in [-0.05, 0) is 49.5 Å². The van der Waals surface area contributed by atoms with Crippen LogP contribution < -0.4 is 24.3 Å². The molecule has 0 bridgehead atoms. The van der Waals surface area contributed by atoms with Crippen LogP contribution in [0.1, 0.15) is 51.0 Å². The number of carbonyl (C=O) groups excluding carboxylic acids is 2. The second-order valence-electron chi connectivity index (χ2n) is 12.1. The fraction of sp³-hybridized carbons (Fsp3) is 0.351. The number of amides is 1. The zero-order valence-corrected chi connectivity index (χ0v) is 27.9. The minimum atomic E-state index is -1.15. The van der Waals surface area contributed by atoms with Gasteiger partial charge in [-0.25, -0.2) is 4.79 Å². The molecule has 0 saturated carbocycles. The summed E-state index contributed by atoms with van der Waals surface area (Å²) in [6.45, 7) is 7.07. The number of nitrogens with zero attached hydrogens (tertiary/aromatic N) is 2. The summed E-state index contributed by atoms with van der Waals surface area (Å²) >= 11 is 0. The number of hydrogen-bond acceptors (Lipinski definition) is 10. The van der Waals surface area contributed by atoms with E-state index in [0.717, 1.165) is 16.7 Å². The molecular formula is C37H40N3O9-. The van der Waals surface area contributed by atoms with Gasteiger partial charge in [0.1, 0.15) is 12.4 Å². The van der Waals surface area contributed by atoms with Crippen LogP contribution in [0, 0.1) is 13.8 Å². The van der Waals surface area contributed by atoms with Crippen LogP contribution in [0.2, 0.25) is 0 Å². The van der Waals surface area contributed by atoms with Crippen molar-refractivity contribution in [3.8, 4) is 28.7 Å². The van der Waals surface area contributed by atoms with Crippen molar-refractivity contribution in [1.29, 1.82) is 0 Å². The molecule has 0 fully saturated rings. The maximum Gasteiger partial charge on any atom is 0.514 e. The summed E-state index contributed by atoms with van der Waals surface area (Å²) in [6, 6.07) is 9.35. The third-order valence-electron chi connectivity index (χ3n) is 9.30. The van der Waals surface area contributed by atoms with Gasteiger partial charge >= 0.3 is 6.16 Å². The predicted octanol–water partition coefficient (Wildman–Crippen LogP) is 5.16. The van der Waals surface area contributed by atoms with Crippen molar-refractivity contribution >= 4 is 18.1 Å². The molecule has 3 aliphatic rings. The lowest BCUT2D eigenvalue weighted by Gasteiger charge is -2.48. The standard InChI is InChI=1S/C37H40N3O9/c1-6-14-46-37(44)49-33-21(3)34-35(48-19-47-34)30-24(33)17-26-29-23(15-20(2)32(45-5)31(29)42)16-25(38-4)36(43)40(26)27(30)18-39-28(41)13-12-22-10-8-7-9-11-22/h6-13,15,25-27,36,42-43H,1,14,16-19H2,2-5H3,(H,39,41)/q-1/b13-12+/t25?,26-,27-,36-/m0/s1. The number of hydrogen-bond donors (Lipinski definition) is 3. The number of rotatable bonds is 9. The summed E-state index contributed by atoms with van der Waals surface area (Å²) in [4.78, 5) is 28.0. The monoisotopic (exact) mass is 670 g/mol. The number of carbonyl (C=O) groups is 2. The minimum Gasteiger partial charge on any atom is -0.659 e. The normalized spacial score (nSPS) is 20.8. The van der Waals surface area contributed by atoms with Gasteiger partial charge in [-0.15, -0.1) is 0 Å². The Hall–Kier alpha value is -5.04. The molecule has 3 aromatic carbocycles. The summed E-state index contributed by atoms with van der Waals surface area (Å²) < 4.78 is 28.6. The number of benzene rings is 3. The zero-order valence-electron chi connectivity index (χ0n) is 27.9. The molecule has 258 valence electrons. The molecule has 0 aromatic heterocycles. The van der Waals surface area contributed by atoms with Gasteiger partial charge in [0.15, 0.2) is 23.0 Å². The average Bonchev–Trinajstić information content (AvgIpc) is 3.55. The smallest absolute Gasteiger partial charge is 0.514 e. The van der Waals surface area contributed by atoms with Gasteiger partial charge in [0.2, 0.25) is 12.7 Å². The van der Waals surface area contributed by atoms with Gasteiger partial charge in [-0.3, -0.25) is 9.69 Å². The summed E-state index contributed by atoms with van der Waals surface area (Å²) in [5.74, 6) is 0.907. The fourth-order valence-electron chi connectivity index (χ4n) is 7.18. The number of likely N-dealkylation sites (N-methyl/N-ethyl adjacent to an activating group) is 1. The molecule has 4 atom stereocenters. The van der Waals surface area contributed by atoms with E-state index in [4.69, 9.17) is 23.7 Å². The van der Waals surface area contributed by atoms with Crippen molar-refractivity contribution in [1.82, 2.24) is 10.2 Å². The van der Waals surface area contributed by atoms with Crippen molar-refractivity contribution in [3.63, 3.8) is 0 Å². The van der Waals surface area contributed by atoms with E-state index in [1.807, 2.05) is 48.2 Å². The fourth-order valence-corrected chi connectivity index (χ4v) is 7.18. The lowest BCUT2D eigenvalue weighted by molar-refractivity contribution is -0.117. The number of nitrogens with one attached hydrogen (secondary N) is 1. The molecule has 6 rings (SSSR count). The zero-order chi connectivity index (χ0) is 34.8. The second-order valence-corrected chi connectivity index (χ2v) is 12.1. The van der Waals surface area contributed by atoms with Gasteiger partial charge in [0, 0.05) is 40.9 Å². The van der Waals surface area contributed by atoms with E-state index in [2.05, 4.69) is 17.2 Å². The Bertz CT molecular complexity index is 1790. The molecule has 1 amide bonds. The number of phenolic OH excluding ortho intramolecular Hbond substituents is 1. The molecule has 12 nitrogen and oxygen atoms in total. The number of aliphatic hydroxyl groups is 1. The number of aromatic hydroxyl groups is 1. The SMILES string of the molecule is C=CCOC(=O)Oc1c(C)c2c(c3c1C[C@H]1c4c(cc(C)c(OC)c4O)CC([N-]C)[C@H](O)N1[C@H]3CNC(=O)/C=C/c1ccccc1)OCO2. The molecule has 3 aromatic rings. The van der Waals surface area contributed by atoms with Gasteiger partial charge in [-0.1, -0.05) is 55.1 Å². The van der Waals surface area contributed by atoms with Crippen molar-refractivity contribution in [2.75, 3.05) is 34.1 Å². The highest BCUT2D eigenvalue weighted by atomic mass is 16.7. The van der Waals surface area contributed by atoms with E-state index in [9.17, 15) is 19.8 Å². The highest BCUT2D eigenvalue weighted by molar-refractivity contribution is 5.91. The minimum absolute atomic E-state index is 0.00720. The molecule has 0 radical (unpaired) electrons. The summed E-state index contributed by atoms with van der Waals surface area (Å²) in [5.41, 5.74) is 4.61. The number of ether oxygens (including phenoxy) is 5. The van der Waals surface area contributed by atoms with Crippen LogP contribution in [0.3, 0.4) is 0 Å². The highest BCUT2D eigenvalue weighted by Crippen LogP contribution is 2.57. The lowest BCUT2D eigenvalue weighted by atomic mass is 9.81. The van der Waals surface area contributed by atoms with E-state index in [1.165, 1.54) is 19.3 Å². The van der Waals surface area contributed by atoms with Crippen molar-refractivity contribution in [3.05, 3.63) is 99.4 Å². The van der Waals surface area contributed by atoms with E-state index < -0.39 is 30.5 Å². The number of fused-ring (bicyclic) bond motifs is 6. The summed E-state index contributed by atoms with van der Waals surface area (Å²) in [6.07, 6.45) is 3.01. The molecule has 49 heavy (non-hydrogen) atoms. The number of aryl methyl sites for hydroxylation is 1. The van der Waals surface area contributed by atoms with Gasteiger partial charge in [0.05, 0.1) is 19.4 Å². The Morgan fingerprint density at radius 3 is 2.59 bits per heavy atom. The predicted molar refractivity (Wildman–Crippen MR) is 181 cm³/mol. The Labute approximate surface area is 284 Å². The Balaban J connectivity index is 1.53. The molecule has 0 aliphatic carbocycles. The van der Waals surface area contributed by atoms with E-state index in [-0.39, 0.29) is 43.8 Å². The van der Waals surface area contributed by atoms with Crippen LogP contribution in [0.5, 0.6) is 28.7 Å². The number of aliphatic hydroxyl groups excluding tert-OH is 1. The first-order valence-corrected chi connectivity index (χ1v) is 16.0. The van der Waals surface area contributed by atoms with Crippen LogP contribution in [-0.4, -0.2) is 73.5 Å². The second kappa shape index (κ2) is 14.2. The Morgan fingerprint density at radius 1 is 1.12 bits per heavy atom. The number of methoxy groups -OCH3 is 1. The van der Waals surface area contributed by atoms with Crippen LogP contribution in [0.4, 0.5) is 4.79 Å². The molecule has 3 heterocycles. The first kappa shape index (κ1) is 33.8. The maximum atomic E-state index is 13.3. The molecule has 1 unspecified atom stereocenters. The van der Waals surface area contributed by atoms with Crippen LogP contribution in [-0.2, 0) is 22.4 Å². The third-order valence-corrected chi connectivity index (χ3v) is 9.30. The van der Waals surface area contributed by atoms with Crippen LogP contribution >= 0.6 is 0 Å². The average molecular weight is 671 g/mol. The van der Waals surface area contributed by atoms with Crippen LogP contribution in [0.15, 0.2) is 55.1 Å². The van der Waals surface area contributed by atoms with Gasteiger partial charge < -0.3 is 44.5 Å². The largest absolute Gasteiger partial charge is 0.659 e. The van der Waals surface area contributed by atoms with E-state index in [1.54, 1.807) is 20.0 Å². The number of phenols is 1. The highest BCUT2D eigenvalue weighted by Gasteiger charge is 2.48. The van der Waals surface area contributed by atoms with Crippen LogP contribution in [0.25, 0.3) is 11.4 Å². The molecule has 3 N–H and O–H groups in total. The topological polar surface area (TPSA) is 150 Å². The van der Waals surface area contributed by atoms with Crippen molar-refractivity contribution in [2.45, 2.75) is 51.0 Å². The van der Waals surface area contributed by atoms with Crippen molar-refractivity contribution in [2.24, 2.45) is 0 Å². The molecule has 0 saturated heterocycles. The van der Waals surface area contributed by atoms with Crippen molar-refractivity contribution < 1.29 is 43.5 Å². The lowest BCUT2D eigenvalue weighted by Crippen LogP contribution is -2.51. The first-order valence-electron chi connectivity index (χ1n) is 16.0. The van der Waals surface area contributed by atoms with E-state index >= 15 is 0 Å². The summed E-state index contributed by atoms with van der Waals surface area (Å²) in [7, 11) is 3.14. The molecule has 3 aliphatic heterocycles. The quantitative estimate of drug-likeness (QED) is 0.121. The van der Waals surface area contributed by atoms with Gasteiger partial charge in [0.25, 0.3) is 0 Å². The summed E-state index contributed by atoms with van der Waals surface area (Å²) in [5, 5.41) is 31.5. The molecular weight excluding hydrogens is 630 g/mol. The van der Waals surface area contributed by atoms with Gasteiger partial charge in [-0.2, -0.15) is 7.05 Å².